The molecule has 3 rings (SSSR count). The molecule has 0 aromatic heterocycles. The number of benzene rings is 1. The zero-order chi connectivity index (χ0) is 11.2. The summed E-state index contributed by atoms with van der Waals surface area (Å²) in [7, 11) is 2.77. The molecule has 1 unspecified atom stereocenters. The first-order chi connectivity index (χ1) is 7.67. The Bertz CT molecular complexity index is 401. The Labute approximate surface area is 100 Å². The Hall–Kier alpha value is -0.390. The molecule has 1 aliphatic heterocycles. The van der Waals surface area contributed by atoms with Crippen molar-refractivity contribution in [1.82, 2.24) is 5.32 Å². The maximum Gasteiger partial charge on any atom is 0.00204 e. The van der Waals surface area contributed by atoms with Crippen LogP contribution in [0.4, 0.5) is 0 Å². The first kappa shape index (κ1) is 10.7. The van der Waals surface area contributed by atoms with Crippen LogP contribution < -0.4 is 10.6 Å². The molecule has 2 heteroatoms. The average molecular weight is 233 g/mol. The highest BCUT2D eigenvalue weighted by atomic mass is 31.0. The standard InChI is InChI=1S/C14H20NP/c1-10-4-13(16)3-2-12(10)5-11-6-14(7-11)8-15-9-14/h2-4,11,15H,5-9,16H2,1H3. The quantitative estimate of drug-likeness (QED) is 0.771. The van der Waals surface area contributed by atoms with E-state index in [0.29, 0.717) is 0 Å². The van der Waals surface area contributed by atoms with Gasteiger partial charge in [0.25, 0.3) is 0 Å². The van der Waals surface area contributed by atoms with Gasteiger partial charge in [0, 0.05) is 13.1 Å². The van der Waals surface area contributed by atoms with Gasteiger partial charge in [-0.1, -0.05) is 18.2 Å². The third-order valence-corrected chi connectivity index (χ3v) is 4.68. The molecule has 1 aromatic rings. The first-order valence-electron chi connectivity index (χ1n) is 6.23. The van der Waals surface area contributed by atoms with Gasteiger partial charge in [0.05, 0.1) is 0 Å². The maximum atomic E-state index is 3.40. The molecule has 2 aliphatic rings. The summed E-state index contributed by atoms with van der Waals surface area (Å²) in [5.41, 5.74) is 3.73. The SMILES string of the molecule is Cc1cc(P)ccc1CC1CC2(CNC2)C1. The van der Waals surface area contributed by atoms with Crippen molar-refractivity contribution in [2.24, 2.45) is 11.3 Å². The maximum absolute atomic E-state index is 3.40. The lowest BCUT2D eigenvalue weighted by Crippen LogP contribution is -2.60. The summed E-state index contributed by atoms with van der Waals surface area (Å²) < 4.78 is 0. The molecule has 1 spiro atoms. The van der Waals surface area contributed by atoms with Crippen molar-refractivity contribution in [2.45, 2.75) is 26.2 Å². The number of hydrogen-bond donors (Lipinski definition) is 1. The van der Waals surface area contributed by atoms with E-state index < -0.39 is 0 Å². The molecule has 0 radical (unpaired) electrons. The third kappa shape index (κ3) is 1.81. The molecule has 1 heterocycles. The predicted octanol–water partition coefficient (Wildman–Crippen LogP) is 2.04. The smallest absolute Gasteiger partial charge is 0.00204 e. The average Bonchev–Trinajstić information content (AvgIpc) is 2.10. The van der Waals surface area contributed by atoms with E-state index in [9.17, 15) is 0 Å². The summed E-state index contributed by atoms with van der Waals surface area (Å²) in [5, 5.41) is 4.70. The Kier molecular flexibility index (Phi) is 2.57. The summed E-state index contributed by atoms with van der Waals surface area (Å²) in [6.07, 6.45) is 4.18. The highest BCUT2D eigenvalue weighted by molar-refractivity contribution is 7.27. The van der Waals surface area contributed by atoms with E-state index in [4.69, 9.17) is 0 Å². The van der Waals surface area contributed by atoms with Crippen molar-refractivity contribution >= 4 is 14.5 Å². The van der Waals surface area contributed by atoms with Crippen LogP contribution in [-0.4, -0.2) is 13.1 Å². The fourth-order valence-electron chi connectivity index (χ4n) is 3.34. The number of rotatable bonds is 2. The summed E-state index contributed by atoms with van der Waals surface area (Å²) in [6.45, 7) is 4.78. The van der Waals surface area contributed by atoms with Crippen LogP contribution in [0.2, 0.25) is 0 Å². The molecule has 1 aromatic carbocycles. The summed E-state index contributed by atoms with van der Waals surface area (Å²) in [5.74, 6) is 0.941. The van der Waals surface area contributed by atoms with Gasteiger partial charge in [-0.2, -0.15) is 0 Å². The van der Waals surface area contributed by atoms with E-state index in [2.05, 4.69) is 39.7 Å². The van der Waals surface area contributed by atoms with Crippen LogP contribution in [0.15, 0.2) is 18.2 Å². The number of hydrogen-bond acceptors (Lipinski definition) is 1. The second kappa shape index (κ2) is 3.82. The summed E-state index contributed by atoms with van der Waals surface area (Å²) in [6, 6.07) is 6.80. The summed E-state index contributed by atoms with van der Waals surface area (Å²) >= 11 is 0. The second-order valence-electron chi connectivity index (χ2n) is 5.77. The Morgan fingerprint density at radius 3 is 2.69 bits per heavy atom. The van der Waals surface area contributed by atoms with Gasteiger partial charge >= 0.3 is 0 Å². The van der Waals surface area contributed by atoms with Crippen molar-refractivity contribution in [3.05, 3.63) is 29.3 Å². The molecular formula is C14H20NP. The molecule has 86 valence electrons. The van der Waals surface area contributed by atoms with Crippen LogP contribution in [0.5, 0.6) is 0 Å². The molecule has 0 amide bonds. The largest absolute Gasteiger partial charge is 0.316 e. The molecule has 16 heavy (non-hydrogen) atoms. The Balaban J connectivity index is 1.62. The summed E-state index contributed by atoms with van der Waals surface area (Å²) in [4.78, 5) is 0. The van der Waals surface area contributed by atoms with Crippen LogP contribution in [0.3, 0.4) is 0 Å². The van der Waals surface area contributed by atoms with E-state index in [-0.39, 0.29) is 0 Å². The molecule has 2 fully saturated rings. The van der Waals surface area contributed by atoms with Gasteiger partial charge in [-0.25, -0.2) is 0 Å². The minimum atomic E-state index is 0.721. The normalized spacial score (nSPS) is 22.9. The lowest BCUT2D eigenvalue weighted by atomic mass is 9.57. The molecule has 0 bridgehead atoms. The monoisotopic (exact) mass is 233 g/mol. The van der Waals surface area contributed by atoms with Crippen LogP contribution in [0.1, 0.15) is 24.0 Å². The third-order valence-electron chi connectivity index (χ3n) is 4.32. The van der Waals surface area contributed by atoms with Gasteiger partial charge in [0.15, 0.2) is 0 Å². The molecule has 1 aliphatic carbocycles. The van der Waals surface area contributed by atoms with Gasteiger partial charge in [-0.15, -0.1) is 9.24 Å². The Morgan fingerprint density at radius 1 is 1.38 bits per heavy atom. The first-order valence-corrected chi connectivity index (χ1v) is 6.80. The van der Waals surface area contributed by atoms with Crippen molar-refractivity contribution < 1.29 is 0 Å². The van der Waals surface area contributed by atoms with Gasteiger partial charge in [-0.05, 0) is 54.0 Å². The molecule has 1 N–H and O–H groups in total. The molecule has 1 saturated heterocycles. The minimum Gasteiger partial charge on any atom is -0.316 e. The van der Waals surface area contributed by atoms with Crippen molar-refractivity contribution in [1.29, 1.82) is 0 Å². The van der Waals surface area contributed by atoms with Gasteiger partial charge in [0.2, 0.25) is 0 Å². The van der Waals surface area contributed by atoms with Crippen molar-refractivity contribution in [3.8, 4) is 0 Å². The molecular weight excluding hydrogens is 213 g/mol. The van der Waals surface area contributed by atoms with E-state index in [1.165, 1.54) is 43.2 Å². The Morgan fingerprint density at radius 2 is 2.12 bits per heavy atom. The highest BCUT2D eigenvalue weighted by Crippen LogP contribution is 2.49. The molecule has 1 nitrogen and oxygen atoms in total. The van der Waals surface area contributed by atoms with E-state index >= 15 is 0 Å². The topological polar surface area (TPSA) is 12.0 Å². The number of aryl methyl sites for hydroxylation is 1. The number of nitrogens with one attached hydrogen (secondary N) is 1. The van der Waals surface area contributed by atoms with Gasteiger partial charge in [0.1, 0.15) is 0 Å². The van der Waals surface area contributed by atoms with Crippen LogP contribution >= 0.6 is 9.24 Å². The molecule has 1 saturated carbocycles. The van der Waals surface area contributed by atoms with Crippen LogP contribution in [0.25, 0.3) is 0 Å². The van der Waals surface area contributed by atoms with Crippen LogP contribution in [-0.2, 0) is 6.42 Å². The van der Waals surface area contributed by atoms with E-state index in [0.717, 1.165) is 11.3 Å². The van der Waals surface area contributed by atoms with Crippen molar-refractivity contribution in [3.63, 3.8) is 0 Å². The van der Waals surface area contributed by atoms with E-state index in [1.54, 1.807) is 5.56 Å². The van der Waals surface area contributed by atoms with Gasteiger partial charge < -0.3 is 5.32 Å². The van der Waals surface area contributed by atoms with Gasteiger partial charge in [-0.3, -0.25) is 0 Å². The zero-order valence-electron chi connectivity index (χ0n) is 9.92. The van der Waals surface area contributed by atoms with E-state index in [1.807, 2.05) is 0 Å². The fraction of sp³-hybridized carbons (Fsp3) is 0.571. The van der Waals surface area contributed by atoms with Crippen LogP contribution in [0, 0.1) is 18.3 Å². The predicted molar refractivity (Wildman–Crippen MR) is 72.3 cm³/mol. The fourth-order valence-corrected chi connectivity index (χ4v) is 3.68. The zero-order valence-corrected chi connectivity index (χ0v) is 11.1. The van der Waals surface area contributed by atoms with Crippen molar-refractivity contribution in [2.75, 3.05) is 13.1 Å². The second-order valence-corrected chi connectivity index (χ2v) is 6.43. The lowest BCUT2D eigenvalue weighted by Gasteiger charge is -2.54. The molecule has 1 atom stereocenters. The lowest BCUT2D eigenvalue weighted by molar-refractivity contribution is 0.000835. The highest BCUT2D eigenvalue weighted by Gasteiger charge is 2.47. The minimum absolute atomic E-state index is 0.721.